The number of hydrogen-bond acceptors (Lipinski definition) is 5. The van der Waals surface area contributed by atoms with Gasteiger partial charge in [-0.1, -0.05) is 47.6 Å². The number of halogens is 1. The van der Waals surface area contributed by atoms with Crippen molar-refractivity contribution in [1.82, 2.24) is 25.5 Å². The van der Waals surface area contributed by atoms with Crippen LogP contribution in [0.2, 0.25) is 5.02 Å². The molecule has 0 saturated heterocycles. The van der Waals surface area contributed by atoms with E-state index in [1.165, 1.54) is 35.7 Å². The van der Waals surface area contributed by atoms with Crippen LogP contribution in [0.15, 0.2) is 47.6 Å². The molecule has 0 aliphatic heterocycles. The molecule has 0 saturated carbocycles. The number of rotatable bonds is 6. The Hall–Kier alpha value is -2.38. The zero-order valence-electron chi connectivity index (χ0n) is 16.1. The maximum absolute atomic E-state index is 12.5. The molecule has 1 aromatic heterocycles. The first-order valence-corrected chi connectivity index (χ1v) is 11.0. The molecular formula is C21H22ClN5OS. The third-order valence-corrected chi connectivity index (χ3v) is 6.23. The number of nitrogens with zero attached hydrogens (tertiary/aromatic N) is 4. The highest BCUT2D eigenvalue weighted by molar-refractivity contribution is 7.99. The number of aromatic nitrogens is 4. The normalized spacial score (nSPS) is 14.3. The zero-order chi connectivity index (χ0) is 20.2. The standard InChI is InChI=1S/C21H22ClN5OS/c1-14(16-10-9-15-5-2-3-6-17(15)11-16)23-20(28)13-29-21-24-25-26-27(21)19-8-4-7-18(22)12-19/h4,7-12,14H,2-3,5-6,13H2,1H3,(H,23,28). The average Bonchev–Trinajstić information content (AvgIpc) is 3.20. The predicted octanol–water partition coefficient (Wildman–Crippen LogP) is 4.16. The second kappa shape index (κ2) is 8.97. The van der Waals surface area contributed by atoms with Crippen molar-refractivity contribution in [3.8, 4) is 5.69 Å². The van der Waals surface area contributed by atoms with Gasteiger partial charge in [0.25, 0.3) is 0 Å². The number of carbonyl (C=O) groups excluding carboxylic acids is 1. The number of thioether (sulfide) groups is 1. The lowest BCUT2D eigenvalue weighted by molar-refractivity contribution is -0.119. The van der Waals surface area contributed by atoms with Gasteiger partial charge in [-0.25, -0.2) is 0 Å². The fourth-order valence-corrected chi connectivity index (χ4v) is 4.44. The Morgan fingerprint density at radius 2 is 2.03 bits per heavy atom. The van der Waals surface area contributed by atoms with Crippen LogP contribution in [-0.4, -0.2) is 31.9 Å². The Labute approximate surface area is 179 Å². The van der Waals surface area contributed by atoms with Gasteiger partial charge < -0.3 is 5.32 Å². The highest BCUT2D eigenvalue weighted by Crippen LogP contribution is 2.25. The van der Waals surface area contributed by atoms with Crippen LogP contribution in [0.25, 0.3) is 5.69 Å². The molecule has 0 radical (unpaired) electrons. The van der Waals surface area contributed by atoms with Crippen LogP contribution in [0, 0.1) is 0 Å². The highest BCUT2D eigenvalue weighted by atomic mass is 35.5. The first-order valence-electron chi connectivity index (χ1n) is 9.68. The Kier molecular flexibility index (Phi) is 6.16. The topological polar surface area (TPSA) is 72.7 Å². The third-order valence-electron chi connectivity index (χ3n) is 5.08. The molecule has 1 amide bonds. The molecule has 4 rings (SSSR count). The smallest absolute Gasteiger partial charge is 0.230 e. The Morgan fingerprint density at radius 1 is 1.21 bits per heavy atom. The SMILES string of the molecule is CC(NC(=O)CSc1nnnn1-c1cccc(Cl)c1)c1ccc2c(c1)CCCC2. The number of hydrogen-bond donors (Lipinski definition) is 1. The van der Waals surface area contributed by atoms with E-state index in [0.717, 1.165) is 24.1 Å². The number of nitrogens with one attached hydrogen (secondary N) is 1. The van der Waals surface area contributed by atoms with Gasteiger partial charge in [0.2, 0.25) is 11.1 Å². The van der Waals surface area contributed by atoms with Crippen LogP contribution in [0.5, 0.6) is 0 Å². The number of carbonyl (C=O) groups is 1. The van der Waals surface area contributed by atoms with E-state index in [9.17, 15) is 4.79 Å². The third kappa shape index (κ3) is 4.79. The van der Waals surface area contributed by atoms with E-state index in [2.05, 4.69) is 39.0 Å². The molecule has 1 N–H and O–H groups in total. The molecule has 2 aromatic carbocycles. The molecule has 29 heavy (non-hydrogen) atoms. The molecule has 1 unspecified atom stereocenters. The minimum Gasteiger partial charge on any atom is -0.349 e. The monoisotopic (exact) mass is 427 g/mol. The van der Waals surface area contributed by atoms with Crippen molar-refractivity contribution in [3.05, 3.63) is 64.2 Å². The van der Waals surface area contributed by atoms with Crippen molar-refractivity contribution in [2.75, 3.05) is 5.75 Å². The lowest BCUT2D eigenvalue weighted by Gasteiger charge is -2.20. The van der Waals surface area contributed by atoms with E-state index in [4.69, 9.17) is 11.6 Å². The molecule has 0 bridgehead atoms. The summed E-state index contributed by atoms with van der Waals surface area (Å²) in [7, 11) is 0. The summed E-state index contributed by atoms with van der Waals surface area (Å²) in [6, 6.07) is 13.8. The number of aryl methyl sites for hydroxylation is 2. The minimum atomic E-state index is -0.0548. The van der Waals surface area contributed by atoms with Gasteiger partial charge >= 0.3 is 0 Å². The number of fused-ring (bicyclic) bond motifs is 1. The molecule has 1 aliphatic rings. The van der Waals surface area contributed by atoms with E-state index in [1.807, 2.05) is 19.1 Å². The average molecular weight is 428 g/mol. The molecule has 8 heteroatoms. The summed E-state index contributed by atoms with van der Waals surface area (Å²) < 4.78 is 1.58. The van der Waals surface area contributed by atoms with Crippen molar-refractivity contribution in [3.63, 3.8) is 0 Å². The van der Waals surface area contributed by atoms with E-state index in [0.29, 0.717) is 10.2 Å². The van der Waals surface area contributed by atoms with Crippen molar-refractivity contribution < 1.29 is 4.79 Å². The Morgan fingerprint density at radius 3 is 2.86 bits per heavy atom. The summed E-state index contributed by atoms with van der Waals surface area (Å²) in [5.74, 6) is 0.178. The minimum absolute atomic E-state index is 0.0424. The van der Waals surface area contributed by atoms with E-state index >= 15 is 0 Å². The van der Waals surface area contributed by atoms with E-state index in [-0.39, 0.29) is 17.7 Å². The van der Waals surface area contributed by atoms with Crippen molar-refractivity contribution in [2.45, 2.75) is 43.8 Å². The summed E-state index contributed by atoms with van der Waals surface area (Å²) in [5, 5.41) is 16.0. The van der Waals surface area contributed by atoms with Crippen LogP contribution < -0.4 is 5.32 Å². The molecular weight excluding hydrogens is 406 g/mol. The zero-order valence-corrected chi connectivity index (χ0v) is 17.7. The molecule has 1 heterocycles. The molecule has 0 fully saturated rings. The van der Waals surface area contributed by atoms with Gasteiger partial charge in [0.1, 0.15) is 0 Å². The predicted molar refractivity (Wildman–Crippen MR) is 115 cm³/mol. The van der Waals surface area contributed by atoms with Crippen molar-refractivity contribution in [2.24, 2.45) is 0 Å². The van der Waals surface area contributed by atoms with Gasteiger partial charge in [0.05, 0.1) is 17.5 Å². The quantitative estimate of drug-likeness (QED) is 0.598. The molecule has 6 nitrogen and oxygen atoms in total. The lowest BCUT2D eigenvalue weighted by Crippen LogP contribution is -2.28. The van der Waals surface area contributed by atoms with Crippen LogP contribution in [-0.2, 0) is 17.6 Å². The van der Waals surface area contributed by atoms with E-state index in [1.54, 1.807) is 16.8 Å². The number of amides is 1. The van der Waals surface area contributed by atoms with E-state index < -0.39 is 0 Å². The van der Waals surface area contributed by atoms with Crippen molar-refractivity contribution in [1.29, 1.82) is 0 Å². The van der Waals surface area contributed by atoms with Gasteiger partial charge in [0.15, 0.2) is 0 Å². The molecule has 3 aromatic rings. The van der Waals surface area contributed by atoms with Crippen LogP contribution in [0.3, 0.4) is 0 Å². The van der Waals surface area contributed by atoms with Crippen LogP contribution in [0.1, 0.15) is 42.5 Å². The highest BCUT2D eigenvalue weighted by Gasteiger charge is 2.16. The van der Waals surface area contributed by atoms with Gasteiger partial charge in [-0.3, -0.25) is 4.79 Å². The number of tetrazole rings is 1. The molecule has 1 aliphatic carbocycles. The summed E-state index contributed by atoms with van der Waals surface area (Å²) in [6.07, 6.45) is 4.81. The van der Waals surface area contributed by atoms with Gasteiger partial charge in [0, 0.05) is 5.02 Å². The lowest BCUT2D eigenvalue weighted by atomic mass is 9.89. The fourth-order valence-electron chi connectivity index (χ4n) is 3.56. The van der Waals surface area contributed by atoms with Gasteiger partial charge in [-0.2, -0.15) is 4.68 Å². The fraction of sp³-hybridized carbons (Fsp3) is 0.333. The second-order valence-electron chi connectivity index (χ2n) is 7.17. The summed E-state index contributed by atoms with van der Waals surface area (Å²) in [6.45, 7) is 2.02. The summed E-state index contributed by atoms with van der Waals surface area (Å²) in [4.78, 5) is 12.5. The number of benzene rings is 2. The summed E-state index contributed by atoms with van der Waals surface area (Å²) >= 11 is 7.34. The van der Waals surface area contributed by atoms with Crippen LogP contribution in [0.4, 0.5) is 0 Å². The molecule has 1 atom stereocenters. The maximum atomic E-state index is 12.5. The Bertz CT molecular complexity index is 1020. The largest absolute Gasteiger partial charge is 0.349 e. The van der Waals surface area contributed by atoms with Crippen molar-refractivity contribution >= 4 is 29.3 Å². The maximum Gasteiger partial charge on any atom is 0.230 e. The van der Waals surface area contributed by atoms with Crippen LogP contribution >= 0.6 is 23.4 Å². The molecule has 0 spiro atoms. The summed E-state index contributed by atoms with van der Waals surface area (Å²) in [5.41, 5.74) is 4.77. The molecule has 150 valence electrons. The van der Waals surface area contributed by atoms with Gasteiger partial charge in [-0.15, -0.1) is 5.10 Å². The Balaban J connectivity index is 1.37. The first kappa shape index (κ1) is 19.9. The second-order valence-corrected chi connectivity index (χ2v) is 8.55. The first-order chi connectivity index (χ1) is 14.1. The van der Waals surface area contributed by atoms with Gasteiger partial charge in [-0.05, 0) is 77.9 Å².